The Labute approximate surface area is 107 Å². The van der Waals surface area contributed by atoms with Gasteiger partial charge < -0.3 is 10.2 Å². The molecule has 0 spiro atoms. The smallest absolute Gasteiger partial charge is 0.236 e. The van der Waals surface area contributed by atoms with E-state index in [-0.39, 0.29) is 5.91 Å². The zero-order valence-electron chi connectivity index (χ0n) is 10.6. The minimum atomic E-state index is 0.200. The van der Waals surface area contributed by atoms with Crippen molar-refractivity contribution < 1.29 is 4.79 Å². The second-order valence-corrected chi connectivity index (χ2v) is 4.56. The summed E-state index contributed by atoms with van der Waals surface area (Å²) < 4.78 is 1.66. The lowest BCUT2D eigenvalue weighted by molar-refractivity contribution is -0.131. The molecule has 2 heterocycles. The molecule has 1 N–H and O–H groups in total. The molecule has 0 atom stereocenters. The second-order valence-electron chi connectivity index (χ2n) is 4.56. The summed E-state index contributed by atoms with van der Waals surface area (Å²) in [5.74, 6) is 0.200. The molecule has 0 unspecified atom stereocenters. The van der Waals surface area contributed by atoms with Gasteiger partial charge in [-0.15, -0.1) is 0 Å². The molecule has 5 nitrogen and oxygen atoms in total. The van der Waals surface area contributed by atoms with Crippen LogP contribution in [0.3, 0.4) is 0 Å². The minimum Gasteiger partial charge on any atom is -0.342 e. The van der Waals surface area contributed by atoms with E-state index in [2.05, 4.69) is 17.0 Å². The van der Waals surface area contributed by atoms with Crippen LogP contribution in [0.2, 0.25) is 0 Å². The third-order valence-corrected chi connectivity index (χ3v) is 3.16. The minimum absolute atomic E-state index is 0.200. The number of likely N-dealkylation sites (tertiary alicyclic amines) is 1. The van der Waals surface area contributed by atoms with Gasteiger partial charge in [-0.25, -0.2) is 4.68 Å². The largest absolute Gasteiger partial charge is 0.342 e. The Morgan fingerprint density at radius 1 is 1.44 bits per heavy atom. The summed E-state index contributed by atoms with van der Waals surface area (Å²) in [5.41, 5.74) is 1.06. The number of amides is 1. The second kappa shape index (κ2) is 6.35. The Morgan fingerprint density at radius 3 is 2.89 bits per heavy atom. The van der Waals surface area contributed by atoms with Crippen molar-refractivity contribution in [2.45, 2.75) is 25.8 Å². The number of nitrogens with zero attached hydrogens (tertiary/aromatic N) is 3. The fourth-order valence-corrected chi connectivity index (χ4v) is 2.14. The molecular weight excluding hydrogens is 228 g/mol. The molecular formula is C13H20N4O. The number of carbonyl (C=O) groups excluding carboxylic acids is 1. The molecule has 1 aliphatic rings. The zero-order chi connectivity index (χ0) is 12.8. The molecule has 1 saturated heterocycles. The number of hydrogen-bond donors (Lipinski definition) is 1. The van der Waals surface area contributed by atoms with Crippen LogP contribution in [0.1, 0.15) is 24.8 Å². The van der Waals surface area contributed by atoms with E-state index in [1.165, 1.54) is 6.42 Å². The van der Waals surface area contributed by atoms with Crippen LogP contribution in [0.4, 0.5) is 0 Å². The highest BCUT2D eigenvalue weighted by atomic mass is 16.2. The molecule has 2 rings (SSSR count). The van der Waals surface area contributed by atoms with E-state index >= 15 is 0 Å². The lowest BCUT2D eigenvalue weighted by Crippen LogP contribution is -2.40. The van der Waals surface area contributed by atoms with E-state index in [1.54, 1.807) is 17.1 Å². The van der Waals surface area contributed by atoms with Crippen molar-refractivity contribution in [1.82, 2.24) is 20.0 Å². The van der Waals surface area contributed by atoms with Crippen LogP contribution >= 0.6 is 0 Å². The maximum Gasteiger partial charge on any atom is 0.236 e. The van der Waals surface area contributed by atoms with E-state index in [9.17, 15) is 4.79 Å². The van der Waals surface area contributed by atoms with Gasteiger partial charge >= 0.3 is 0 Å². The average molecular weight is 248 g/mol. The van der Waals surface area contributed by atoms with E-state index in [1.807, 2.05) is 11.1 Å². The Hall–Kier alpha value is -1.62. The highest BCUT2D eigenvalue weighted by Gasteiger charge is 2.15. The Kier molecular flexibility index (Phi) is 4.52. The van der Waals surface area contributed by atoms with Crippen molar-refractivity contribution in [3.05, 3.63) is 24.5 Å². The van der Waals surface area contributed by atoms with E-state index in [4.69, 9.17) is 0 Å². The summed E-state index contributed by atoms with van der Waals surface area (Å²) in [6.45, 7) is 6.52. The van der Waals surface area contributed by atoms with Crippen molar-refractivity contribution in [3.63, 3.8) is 0 Å². The Bertz CT molecular complexity index is 407. The standard InChI is InChI=1S/C13H20N4O/c1-2-17-11-12(9-15-17)8-14-10-13(18)16-6-4-3-5-7-16/h2,9,11,14H,1,3-8,10H2. The molecule has 0 radical (unpaired) electrons. The number of piperidine rings is 1. The van der Waals surface area contributed by atoms with Gasteiger partial charge in [0.1, 0.15) is 0 Å². The van der Waals surface area contributed by atoms with Crippen LogP contribution in [-0.2, 0) is 11.3 Å². The van der Waals surface area contributed by atoms with Gasteiger partial charge in [-0.3, -0.25) is 4.79 Å². The molecule has 1 aliphatic heterocycles. The fraction of sp³-hybridized carbons (Fsp3) is 0.538. The van der Waals surface area contributed by atoms with Gasteiger partial charge in [0.25, 0.3) is 0 Å². The van der Waals surface area contributed by atoms with Crippen molar-refractivity contribution in [3.8, 4) is 0 Å². The zero-order valence-corrected chi connectivity index (χ0v) is 10.6. The van der Waals surface area contributed by atoms with Crippen LogP contribution in [0.25, 0.3) is 6.20 Å². The number of nitrogens with one attached hydrogen (secondary N) is 1. The SMILES string of the molecule is C=Cn1cc(CNCC(=O)N2CCCCC2)cn1. The maximum atomic E-state index is 11.9. The molecule has 1 fully saturated rings. The highest BCUT2D eigenvalue weighted by molar-refractivity contribution is 5.78. The Morgan fingerprint density at radius 2 is 2.22 bits per heavy atom. The first-order chi connectivity index (χ1) is 8.79. The Balaban J connectivity index is 1.71. The molecule has 0 saturated carbocycles. The van der Waals surface area contributed by atoms with Crippen LogP contribution in [0.15, 0.2) is 19.0 Å². The van der Waals surface area contributed by atoms with Gasteiger partial charge in [0.15, 0.2) is 0 Å². The summed E-state index contributed by atoms with van der Waals surface area (Å²) in [5, 5.41) is 7.24. The van der Waals surface area contributed by atoms with Crippen molar-refractivity contribution in [1.29, 1.82) is 0 Å². The summed E-state index contributed by atoms with van der Waals surface area (Å²) in [6, 6.07) is 0. The van der Waals surface area contributed by atoms with Crippen LogP contribution in [0.5, 0.6) is 0 Å². The van der Waals surface area contributed by atoms with Crippen LogP contribution in [-0.4, -0.2) is 40.2 Å². The predicted molar refractivity (Wildman–Crippen MR) is 70.8 cm³/mol. The van der Waals surface area contributed by atoms with Gasteiger partial charge in [-0.05, 0) is 19.3 Å². The highest BCUT2D eigenvalue weighted by Crippen LogP contribution is 2.08. The molecule has 98 valence electrons. The van der Waals surface area contributed by atoms with Crippen molar-refractivity contribution in [2.24, 2.45) is 0 Å². The predicted octanol–water partition coefficient (Wildman–Crippen LogP) is 1.09. The van der Waals surface area contributed by atoms with Gasteiger partial charge in [0, 0.05) is 37.6 Å². The quantitative estimate of drug-likeness (QED) is 0.848. The first-order valence-electron chi connectivity index (χ1n) is 6.43. The number of hydrogen-bond acceptors (Lipinski definition) is 3. The molecule has 1 amide bonds. The molecule has 5 heteroatoms. The molecule has 18 heavy (non-hydrogen) atoms. The molecule has 0 bridgehead atoms. The molecule has 1 aromatic heterocycles. The summed E-state index contributed by atoms with van der Waals surface area (Å²) >= 11 is 0. The summed E-state index contributed by atoms with van der Waals surface area (Å²) in [4.78, 5) is 13.8. The van der Waals surface area contributed by atoms with Gasteiger partial charge in [0.2, 0.25) is 5.91 Å². The van der Waals surface area contributed by atoms with Gasteiger partial charge in [0.05, 0.1) is 12.7 Å². The third kappa shape index (κ3) is 3.43. The van der Waals surface area contributed by atoms with E-state index < -0.39 is 0 Å². The van der Waals surface area contributed by atoms with Gasteiger partial charge in [-0.2, -0.15) is 5.10 Å². The van der Waals surface area contributed by atoms with Crippen molar-refractivity contribution >= 4 is 12.1 Å². The number of aromatic nitrogens is 2. The fourth-order valence-electron chi connectivity index (χ4n) is 2.14. The van der Waals surface area contributed by atoms with Crippen LogP contribution < -0.4 is 5.32 Å². The number of carbonyl (C=O) groups is 1. The molecule has 0 aromatic carbocycles. The van der Waals surface area contributed by atoms with Crippen LogP contribution in [0, 0.1) is 0 Å². The number of rotatable bonds is 5. The topological polar surface area (TPSA) is 50.2 Å². The monoisotopic (exact) mass is 248 g/mol. The first-order valence-corrected chi connectivity index (χ1v) is 6.43. The van der Waals surface area contributed by atoms with E-state index in [0.29, 0.717) is 13.1 Å². The van der Waals surface area contributed by atoms with E-state index in [0.717, 1.165) is 31.5 Å². The summed E-state index contributed by atoms with van der Waals surface area (Å²) in [7, 11) is 0. The maximum absolute atomic E-state index is 11.9. The molecule has 1 aromatic rings. The lowest BCUT2D eigenvalue weighted by atomic mass is 10.1. The normalized spacial score (nSPS) is 15.7. The lowest BCUT2D eigenvalue weighted by Gasteiger charge is -2.26. The van der Waals surface area contributed by atoms with Crippen molar-refractivity contribution in [2.75, 3.05) is 19.6 Å². The average Bonchev–Trinajstić information content (AvgIpc) is 2.87. The third-order valence-electron chi connectivity index (χ3n) is 3.16. The molecule has 0 aliphatic carbocycles. The summed E-state index contributed by atoms with van der Waals surface area (Å²) in [6.07, 6.45) is 8.83. The van der Waals surface area contributed by atoms with Gasteiger partial charge in [-0.1, -0.05) is 6.58 Å². The first kappa shape index (κ1) is 12.8.